The van der Waals surface area contributed by atoms with E-state index in [9.17, 15) is 22.4 Å². The Labute approximate surface area is 215 Å². The number of amides is 2. The summed E-state index contributed by atoms with van der Waals surface area (Å²) < 4.78 is 45.6. The Morgan fingerprint density at radius 1 is 1.00 bits per heavy atom. The van der Waals surface area contributed by atoms with Crippen molar-refractivity contribution in [1.29, 1.82) is 0 Å². The second-order valence-electron chi connectivity index (χ2n) is 8.75. The van der Waals surface area contributed by atoms with Gasteiger partial charge in [-0.2, -0.15) is 0 Å². The Hall–Kier alpha value is -3.76. The van der Waals surface area contributed by atoms with Crippen molar-refractivity contribution >= 4 is 33.2 Å². The monoisotopic (exact) mass is 525 g/mol. The van der Waals surface area contributed by atoms with Crippen molar-refractivity contribution < 1.29 is 27.1 Å². The number of anilines is 2. The molecular formula is C27H28FN3O5S. The molecule has 2 amide bonds. The van der Waals surface area contributed by atoms with E-state index in [-0.39, 0.29) is 35.4 Å². The number of benzene rings is 3. The molecule has 1 unspecified atom stereocenters. The van der Waals surface area contributed by atoms with Crippen LogP contribution in [0.2, 0.25) is 0 Å². The highest BCUT2D eigenvalue weighted by Gasteiger charge is 2.21. The number of nitrogens with zero attached hydrogens (tertiary/aromatic N) is 1. The molecule has 0 radical (unpaired) electrons. The van der Waals surface area contributed by atoms with E-state index in [1.807, 2.05) is 0 Å². The number of halogens is 1. The normalized spacial score (nSPS) is 15.2. The molecule has 2 N–H and O–H groups in total. The van der Waals surface area contributed by atoms with Gasteiger partial charge in [-0.1, -0.05) is 30.3 Å². The van der Waals surface area contributed by atoms with Gasteiger partial charge in [0.25, 0.3) is 11.8 Å². The third kappa shape index (κ3) is 6.72. The molecule has 1 aliphatic rings. The molecule has 1 fully saturated rings. The molecule has 0 aromatic heterocycles. The lowest BCUT2D eigenvalue weighted by Gasteiger charge is -2.23. The number of rotatable bonds is 9. The van der Waals surface area contributed by atoms with Crippen molar-refractivity contribution in [2.75, 3.05) is 29.0 Å². The predicted octanol–water partition coefficient (Wildman–Crippen LogP) is 3.95. The average Bonchev–Trinajstić information content (AvgIpc) is 3.40. The molecule has 1 aliphatic heterocycles. The maximum atomic E-state index is 14.1. The third-order valence-corrected chi connectivity index (χ3v) is 7.16. The summed E-state index contributed by atoms with van der Waals surface area (Å²) in [6.45, 7) is 0.898. The first-order valence-electron chi connectivity index (χ1n) is 11.8. The fourth-order valence-corrected chi connectivity index (χ4v) is 4.93. The van der Waals surface area contributed by atoms with Crippen molar-refractivity contribution in [3.63, 3.8) is 0 Å². The summed E-state index contributed by atoms with van der Waals surface area (Å²) >= 11 is 0. The van der Waals surface area contributed by atoms with E-state index in [1.165, 1.54) is 42.5 Å². The third-order valence-electron chi connectivity index (χ3n) is 6.02. The Kier molecular flexibility index (Phi) is 8.20. The van der Waals surface area contributed by atoms with Crippen LogP contribution in [0.3, 0.4) is 0 Å². The number of carbonyl (C=O) groups is 2. The van der Waals surface area contributed by atoms with Gasteiger partial charge in [0.15, 0.2) is 0 Å². The number of carbonyl (C=O) groups excluding carboxylic acids is 2. The number of ether oxygens (including phenoxy) is 1. The average molecular weight is 526 g/mol. The Balaban J connectivity index is 1.47. The van der Waals surface area contributed by atoms with E-state index in [0.717, 1.165) is 23.4 Å². The standard InChI is InChI=1S/C27H28FN3O5S/c1-37(34,35)31(18-20-7-2-4-10-24(20)28)21-14-12-19(13-15-21)26(32)30-25-11-5-3-9-23(25)27(33)29-17-22-8-6-16-36-22/h2-5,7,9-15,22H,6,8,16-18H2,1H3,(H,29,33)(H,30,32). The molecule has 3 aromatic carbocycles. The summed E-state index contributed by atoms with van der Waals surface area (Å²) in [4.78, 5) is 25.6. The minimum Gasteiger partial charge on any atom is -0.376 e. The van der Waals surface area contributed by atoms with Crippen LogP contribution >= 0.6 is 0 Å². The van der Waals surface area contributed by atoms with Gasteiger partial charge in [0, 0.05) is 24.3 Å². The van der Waals surface area contributed by atoms with E-state index in [0.29, 0.717) is 24.4 Å². The van der Waals surface area contributed by atoms with Gasteiger partial charge in [-0.25, -0.2) is 12.8 Å². The SMILES string of the molecule is CS(=O)(=O)N(Cc1ccccc1F)c1ccc(C(=O)Nc2ccccc2C(=O)NCC2CCCO2)cc1. The van der Waals surface area contributed by atoms with Crippen molar-refractivity contribution in [3.05, 3.63) is 95.3 Å². The van der Waals surface area contributed by atoms with Gasteiger partial charge < -0.3 is 15.4 Å². The first kappa shape index (κ1) is 26.3. The highest BCUT2D eigenvalue weighted by atomic mass is 32.2. The van der Waals surface area contributed by atoms with Gasteiger partial charge >= 0.3 is 0 Å². The van der Waals surface area contributed by atoms with Gasteiger partial charge in [0.05, 0.1) is 35.8 Å². The Morgan fingerprint density at radius 2 is 1.70 bits per heavy atom. The zero-order valence-electron chi connectivity index (χ0n) is 20.3. The number of hydrogen-bond acceptors (Lipinski definition) is 5. The summed E-state index contributed by atoms with van der Waals surface area (Å²) in [5.41, 5.74) is 1.44. The smallest absolute Gasteiger partial charge is 0.255 e. The van der Waals surface area contributed by atoms with Gasteiger partial charge in [-0.05, 0) is 55.3 Å². The second kappa shape index (κ2) is 11.5. The molecule has 37 heavy (non-hydrogen) atoms. The van der Waals surface area contributed by atoms with Crippen molar-refractivity contribution in [1.82, 2.24) is 5.32 Å². The van der Waals surface area contributed by atoms with Gasteiger partial charge in [0.1, 0.15) is 5.82 Å². The molecule has 10 heteroatoms. The summed E-state index contributed by atoms with van der Waals surface area (Å²) in [6, 6.07) is 18.5. The van der Waals surface area contributed by atoms with Crippen LogP contribution in [0, 0.1) is 5.82 Å². The molecule has 4 rings (SSSR count). The zero-order valence-corrected chi connectivity index (χ0v) is 21.1. The molecule has 1 heterocycles. The Morgan fingerprint density at radius 3 is 2.38 bits per heavy atom. The molecule has 1 saturated heterocycles. The lowest BCUT2D eigenvalue weighted by Crippen LogP contribution is -2.32. The highest BCUT2D eigenvalue weighted by molar-refractivity contribution is 7.92. The van der Waals surface area contributed by atoms with E-state index in [2.05, 4.69) is 10.6 Å². The number of para-hydroxylation sites is 1. The predicted molar refractivity (Wildman–Crippen MR) is 140 cm³/mol. The molecular weight excluding hydrogens is 497 g/mol. The van der Waals surface area contributed by atoms with Crippen molar-refractivity contribution in [3.8, 4) is 0 Å². The number of hydrogen-bond donors (Lipinski definition) is 2. The van der Waals surface area contributed by atoms with Crippen LogP contribution in [0.4, 0.5) is 15.8 Å². The summed E-state index contributed by atoms with van der Waals surface area (Å²) in [7, 11) is -3.73. The molecule has 194 valence electrons. The van der Waals surface area contributed by atoms with Crippen LogP contribution in [-0.2, 0) is 21.3 Å². The summed E-state index contributed by atoms with van der Waals surface area (Å²) in [5, 5.41) is 5.60. The zero-order chi connectivity index (χ0) is 26.4. The summed E-state index contributed by atoms with van der Waals surface area (Å²) in [5.74, 6) is -1.30. The lowest BCUT2D eigenvalue weighted by molar-refractivity contribution is 0.0858. The van der Waals surface area contributed by atoms with Gasteiger partial charge in [0.2, 0.25) is 10.0 Å². The summed E-state index contributed by atoms with van der Waals surface area (Å²) in [6.07, 6.45) is 2.90. The van der Waals surface area contributed by atoms with Gasteiger partial charge in [-0.3, -0.25) is 13.9 Å². The van der Waals surface area contributed by atoms with Crippen LogP contribution in [-0.4, -0.2) is 45.7 Å². The van der Waals surface area contributed by atoms with Crippen LogP contribution in [0.25, 0.3) is 0 Å². The lowest BCUT2D eigenvalue weighted by atomic mass is 10.1. The first-order chi connectivity index (χ1) is 17.7. The van der Waals surface area contributed by atoms with E-state index in [4.69, 9.17) is 4.74 Å². The van der Waals surface area contributed by atoms with Crippen molar-refractivity contribution in [2.45, 2.75) is 25.5 Å². The maximum Gasteiger partial charge on any atom is 0.255 e. The fourth-order valence-electron chi connectivity index (χ4n) is 4.05. The van der Waals surface area contributed by atoms with E-state index >= 15 is 0 Å². The number of sulfonamides is 1. The molecule has 0 saturated carbocycles. The highest BCUT2D eigenvalue weighted by Crippen LogP contribution is 2.23. The van der Waals surface area contributed by atoms with Crippen LogP contribution in [0.15, 0.2) is 72.8 Å². The van der Waals surface area contributed by atoms with Crippen molar-refractivity contribution in [2.24, 2.45) is 0 Å². The molecule has 0 bridgehead atoms. The minimum absolute atomic E-state index is 0.00546. The minimum atomic E-state index is -3.73. The number of nitrogens with one attached hydrogen (secondary N) is 2. The molecule has 0 aliphatic carbocycles. The molecule has 3 aromatic rings. The second-order valence-corrected chi connectivity index (χ2v) is 10.7. The largest absolute Gasteiger partial charge is 0.376 e. The molecule has 0 spiro atoms. The maximum absolute atomic E-state index is 14.1. The molecule has 1 atom stereocenters. The first-order valence-corrected chi connectivity index (χ1v) is 13.7. The fraction of sp³-hybridized carbons (Fsp3) is 0.259. The van der Waals surface area contributed by atoms with Crippen LogP contribution < -0.4 is 14.9 Å². The van der Waals surface area contributed by atoms with Crippen LogP contribution in [0.1, 0.15) is 39.1 Å². The Bertz CT molecular complexity index is 1370. The molecule has 8 nitrogen and oxygen atoms in total. The van der Waals surface area contributed by atoms with E-state index < -0.39 is 21.7 Å². The van der Waals surface area contributed by atoms with E-state index in [1.54, 1.807) is 30.3 Å². The quantitative estimate of drug-likeness (QED) is 0.440. The van der Waals surface area contributed by atoms with Gasteiger partial charge in [-0.15, -0.1) is 0 Å². The topological polar surface area (TPSA) is 105 Å². The van der Waals surface area contributed by atoms with Crippen LogP contribution in [0.5, 0.6) is 0 Å².